The summed E-state index contributed by atoms with van der Waals surface area (Å²) in [5.41, 5.74) is 11.4. The number of hydrogen-bond acceptors (Lipinski definition) is 3. The highest BCUT2D eigenvalue weighted by molar-refractivity contribution is 6.21. The summed E-state index contributed by atoms with van der Waals surface area (Å²) in [6.07, 6.45) is 0. The maximum Gasteiger partial charge on any atom is 0.164 e. The molecule has 10 aromatic rings. The SMILES string of the molecule is c1ccc(-c2nc(-c3ccc(-n4c5ccccc5c5c6ccccc6ccc54)cc3)nc(-c3ccc4c5c(cccc35)-c3ccccc3-4)n2)cc1. The molecule has 0 fully saturated rings. The number of hydrogen-bond donors (Lipinski definition) is 0. The number of aromatic nitrogens is 4. The van der Waals surface area contributed by atoms with Gasteiger partial charge < -0.3 is 4.57 Å². The molecule has 4 nitrogen and oxygen atoms in total. The topological polar surface area (TPSA) is 43.6 Å². The fourth-order valence-electron chi connectivity index (χ4n) is 8.12. The molecule has 0 saturated heterocycles. The number of benzene rings is 8. The van der Waals surface area contributed by atoms with Crippen LogP contribution in [-0.2, 0) is 0 Å². The molecule has 0 spiro atoms. The molecule has 11 rings (SSSR count). The van der Waals surface area contributed by atoms with Crippen molar-refractivity contribution < 1.29 is 0 Å². The van der Waals surface area contributed by atoms with Crippen LogP contribution in [0.1, 0.15) is 0 Å². The Kier molecular flexibility index (Phi) is 5.92. The molecule has 2 heterocycles. The zero-order valence-electron chi connectivity index (χ0n) is 27.5. The van der Waals surface area contributed by atoms with Crippen molar-refractivity contribution in [3.05, 3.63) is 170 Å². The van der Waals surface area contributed by atoms with Gasteiger partial charge in [-0.25, -0.2) is 15.0 Å². The molecule has 51 heavy (non-hydrogen) atoms. The van der Waals surface area contributed by atoms with Gasteiger partial charge in [0, 0.05) is 33.2 Å². The first-order valence-electron chi connectivity index (χ1n) is 17.3. The minimum atomic E-state index is 0.644. The van der Waals surface area contributed by atoms with Gasteiger partial charge in [-0.1, -0.05) is 127 Å². The quantitative estimate of drug-likeness (QED) is 0.191. The summed E-state index contributed by atoms with van der Waals surface area (Å²) in [5.74, 6) is 1.96. The van der Waals surface area contributed by atoms with E-state index >= 15 is 0 Å². The van der Waals surface area contributed by atoms with E-state index in [0.717, 1.165) is 27.8 Å². The lowest BCUT2D eigenvalue weighted by atomic mass is 9.98. The first-order valence-corrected chi connectivity index (χ1v) is 17.3. The van der Waals surface area contributed by atoms with Crippen molar-refractivity contribution >= 4 is 43.4 Å². The minimum absolute atomic E-state index is 0.644. The number of nitrogens with zero attached hydrogens (tertiary/aromatic N) is 4. The second-order valence-electron chi connectivity index (χ2n) is 13.2. The van der Waals surface area contributed by atoms with Crippen molar-refractivity contribution in [3.8, 4) is 62.1 Å². The Morgan fingerprint density at radius 3 is 1.71 bits per heavy atom. The van der Waals surface area contributed by atoms with Gasteiger partial charge in [0.1, 0.15) is 0 Å². The maximum absolute atomic E-state index is 5.18. The smallest absolute Gasteiger partial charge is 0.164 e. The highest BCUT2D eigenvalue weighted by atomic mass is 15.0. The lowest BCUT2D eigenvalue weighted by Gasteiger charge is -2.12. The standard InChI is InChI=1S/C47H28N4/c1-2-12-30(13-3-1)45-48-46(50-47(49-45)39-27-26-38-35-16-7-6-15-34(35)36-18-10-19-37(39)43(36)38)31-21-24-32(25-22-31)51-41-20-9-8-17-40(41)44-33-14-5-4-11-29(33)23-28-42(44)51/h1-28H. The van der Waals surface area contributed by atoms with Crippen molar-refractivity contribution in [3.63, 3.8) is 0 Å². The van der Waals surface area contributed by atoms with Gasteiger partial charge >= 0.3 is 0 Å². The molecule has 2 aromatic heterocycles. The van der Waals surface area contributed by atoms with E-state index < -0.39 is 0 Å². The van der Waals surface area contributed by atoms with Gasteiger partial charge in [0.15, 0.2) is 17.5 Å². The third-order valence-corrected chi connectivity index (χ3v) is 10.4. The summed E-state index contributed by atoms with van der Waals surface area (Å²) in [6, 6.07) is 60.2. The highest BCUT2D eigenvalue weighted by Crippen LogP contribution is 2.49. The van der Waals surface area contributed by atoms with Gasteiger partial charge in [-0.15, -0.1) is 0 Å². The van der Waals surface area contributed by atoms with E-state index in [4.69, 9.17) is 15.0 Å². The molecule has 8 aromatic carbocycles. The van der Waals surface area contributed by atoms with E-state index in [9.17, 15) is 0 Å². The predicted molar refractivity (Wildman–Crippen MR) is 210 cm³/mol. The first kappa shape index (κ1) is 28.0. The number of rotatable bonds is 4. The van der Waals surface area contributed by atoms with Crippen molar-refractivity contribution in [2.45, 2.75) is 0 Å². The van der Waals surface area contributed by atoms with Crippen LogP contribution in [0.2, 0.25) is 0 Å². The van der Waals surface area contributed by atoms with Crippen molar-refractivity contribution in [1.82, 2.24) is 19.5 Å². The summed E-state index contributed by atoms with van der Waals surface area (Å²) in [7, 11) is 0. The molecule has 1 aliphatic carbocycles. The van der Waals surface area contributed by atoms with Crippen LogP contribution in [0.15, 0.2) is 170 Å². The van der Waals surface area contributed by atoms with Gasteiger partial charge in [0.25, 0.3) is 0 Å². The zero-order valence-corrected chi connectivity index (χ0v) is 27.5. The average molecular weight is 649 g/mol. The number of fused-ring (bicyclic) bond motifs is 8. The summed E-state index contributed by atoms with van der Waals surface area (Å²) in [4.78, 5) is 15.3. The predicted octanol–water partition coefficient (Wildman–Crippen LogP) is 11.9. The molecule has 0 saturated carbocycles. The Labute approximate surface area is 294 Å². The molecule has 0 amide bonds. The van der Waals surface area contributed by atoms with Crippen LogP contribution < -0.4 is 0 Å². The molecule has 0 radical (unpaired) electrons. The van der Waals surface area contributed by atoms with Gasteiger partial charge in [-0.2, -0.15) is 0 Å². The normalized spacial score (nSPS) is 11.9. The van der Waals surface area contributed by atoms with E-state index in [-0.39, 0.29) is 0 Å². The van der Waals surface area contributed by atoms with Crippen LogP contribution in [-0.4, -0.2) is 19.5 Å². The summed E-state index contributed by atoms with van der Waals surface area (Å²) in [5, 5.41) is 7.43. The fraction of sp³-hybridized carbons (Fsp3) is 0. The molecule has 236 valence electrons. The van der Waals surface area contributed by atoms with Crippen LogP contribution in [0.5, 0.6) is 0 Å². The molecular weight excluding hydrogens is 621 g/mol. The second kappa shape index (κ2) is 10.8. The van der Waals surface area contributed by atoms with Crippen LogP contribution in [0.25, 0.3) is 105 Å². The Hall–Kier alpha value is -6.91. The molecule has 0 aliphatic heterocycles. The van der Waals surface area contributed by atoms with Crippen LogP contribution in [0, 0.1) is 0 Å². The fourth-order valence-corrected chi connectivity index (χ4v) is 8.12. The molecule has 0 unspecified atom stereocenters. The van der Waals surface area contributed by atoms with Crippen molar-refractivity contribution in [2.24, 2.45) is 0 Å². The lowest BCUT2D eigenvalue weighted by Crippen LogP contribution is -2.01. The molecule has 0 atom stereocenters. The van der Waals surface area contributed by atoms with Gasteiger partial charge in [0.2, 0.25) is 0 Å². The monoisotopic (exact) mass is 648 g/mol. The maximum atomic E-state index is 5.18. The second-order valence-corrected chi connectivity index (χ2v) is 13.2. The molecule has 4 heteroatoms. The Bertz CT molecular complexity index is 2980. The third kappa shape index (κ3) is 4.17. The number of para-hydroxylation sites is 1. The van der Waals surface area contributed by atoms with Crippen LogP contribution >= 0.6 is 0 Å². The molecule has 0 bridgehead atoms. The van der Waals surface area contributed by atoms with E-state index in [0.29, 0.717) is 17.5 Å². The largest absolute Gasteiger partial charge is 0.309 e. The Morgan fingerprint density at radius 2 is 0.902 bits per heavy atom. The van der Waals surface area contributed by atoms with Gasteiger partial charge in [-0.3, -0.25) is 0 Å². The Balaban J connectivity index is 1.08. The highest BCUT2D eigenvalue weighted by Gasteiger charge is 2.24. The average Bonchev–Trinajstić information content (AvgIpc) is 3.72. The lowest BCUT2D eigenvalue weighted by molar-refractivity contribution is 1.07. The summed E-state index contributed by atoms with van der Waals surface area (Å²) >= 11 is 0. The summed E-state index contributed by atoms with van der Waals surface area (Å²) in [6.45, 7) is 0. The van der Waals surface area contributed by atoms with Crippen LogP contribution in [0.4, 0.5) is 0 Å². The van der Waals surface area contributed by atoms with Crippen LogP contribution in [0.3, 0.4) is 0 Å². The zero-order chi connectivity index (χ0) is 33.5. The van der Waals surface area contributed by atoms with E-state index in [1.54, 1.807) is 0 Å². The first-order chi connectivity index (χ1) is 25.3. The van der Waals surface area contributed by atoms with Crippen molar-refractivity contribution in [2.75, 3.05) is 0 Å². The summed E-state index contributed by atoms with van der Waals surface area (Å²) < 4.78 is 2.36. The molecule has 0 N–H and O–H groups in total. The van der Waals surface area contributed by atoms with E-state index in [2.05, 4.69) is 156 Å². The minimum Gasteiger partial charge on any atom is -0.309 e. The molecule has 1 aliphatic rings. The van der Waals surface area contributed by atoms with Crippen molar-refractivity contribution in [1.29, 1.82) is 0 Å². The third-order valence-electron chi connectivity index (χ3n) is 10.4. The Morgan fingerprint density at radius 1 is 0.314 bits per heavy atom. The van der Waals surface area contributed by atoms with Gasteiger partial charge in [-0.05, 0) is 86.3 Å². The molecular formula is C47H28N4. The van der Waals surface area contributed by atoms with E-state index in [1.165, 1.54) is 60.2 Å². The van der Waals surface area contributed by atoms with E-state index in [1.807, 2.05) is 18.2 Å². The van der Waals surface area contributed by atoms with Gasteiger partial charge in [0.05, 0.1) is 11.0 Å².